The number of carbonyl (C=O) groups is 2. The van der Waals surface area contributed by atoms with E-state index in [1.807, 2.05) is 25.1 Å². The summed E-state index contributed by atoms with van der Waals surface area (Å²) < 4.78 is 6.62. The molecule has 0 aliphatic heterocycles. The minimum absolute atomic E-state index is 0.0267. The standard InChI is InChI=1S/C31H47NO5/c1-18-12-23-25-19(2)15-31(37-28(35)24(32(5)6)14-20-10-8-7-9-11-20)26(29(31,3)4)22(25)13-21(17-33)16-30(23,36)27(18)34/h12-13,19-20,22-26,33,36H,7-11,14-17H2,1-6H3/t19-,22-,23+,24+,25?,26-,30-,31+/m1/s1. The molecule has 0 saturated heterocycles. The Morgan fingerprint density at radius 3 is 2.49 bits per heavy atom. The molecule has 3 saturated carbocycles. The zero-order valence-corrected chi connectivity index (χ0v) is 23.6. The molecule has 0 aromatic carbocycles. The van der Waals surface area contributed by atoms with E-state index in [-0.39, 0.29) is 65.8 Å². The molecule has 6 heteroatoms. The smallest absolute Gasteiger partial charge is 0.323 e. The fraction of sp³-hybridized carbons (Fsp3) is 0.806. The maximum absolute atomic E-state index is 13.8. The first-order valence-electron chi connectivity index (χ1n) is 14.5. The van der Waals surface area contributed by atoms with Crippen LogP contribution in [0.1, 0.15) is 79.1 Å². The van der Waals surface area contributed by atoms with Crippen molar-refractivity contribution in [2.75, 3.05) is 20.7 Å². The second-order valence-corrected chi connectivity index (χ2v) is 13.9. The second kappa shape index (κ2) is 9.31. The molecule has 206 valence electrons. The molecule has 3 fully saturated rings. The minimum atomic E-state index is -1.49. The highest BCUT2D eigenvalue weighted by Crippen LogP contribution is 2.75. The molecular formula is C31H47NO5. The third kappa shape index (κ3) is 4.08. The fourth-order valence-corrected chi connectivity index (χ4v) is 9.18. The first kappa shape index (κ1) is 27.1. The summed E-state index contributed by atoms with van der Waals surface area (Å²) in [6.45, 7) is 8.21. The van der Waals surface area contributed by atoms with Gasteiger partial charge >= 0.3 is 5.97 Å². The number of fused-ring (bicyclic) bond motifs is 5. The molecule has 1 unspecified atom stereocenters. The van der Waals surface area contributed by atoms with Crippen LogP contribution < -0.4 is 0 Å². The average Bonchev–Trinajstić information content (AvgIpc) is 3.28. The number of hydrogen-bond acceptors (Lipinski definition) is 6. The third-order valence-electron chi connectivity index (χ3n) is 11.1. The van der Waals surface area contributed by atoms with E-state index < -0.39 is 11.2 Å². The molecule has 0 amide bonds. The van der Waals surface area contributed by atoms with Crippen LogP contribution in [0.2, 0.25) is 0 Å². The minimum Gasteiger partial charge on any atom is -0.457 e. The Labute approximate surface area is 222 Å². The van der Waals surface area contributed by atoms with Crippen molar-refractivity contribution in [3.63, 3.8) is 0 Å². The van der Waals surface area contributed by atoms with Gasteiger partial charge in [-0.3, -0.25) is 14.5 Å². The molecule has 0 aromatic rings. The first-order chi connectivity index (χ1) is 17.4. The van der Waals surface area contributed by atoms with Gasteiger partial charge in [-0.15, -0.1) is 0 Å². The number of ketones is 1. The lowest BCUT2D eigenvalue weighted by Gasteiger charge is -2.44. The van der Waals surface area contributed by atoms with Crippen molar-refractivity contribution < 1.29 is 24.5 Å². The van der Waals surface area contributed by atoms with Crippen LogP contribution in [0, 0.1) is 40.9 Å². The predicted molar refractivity (Wildman–Crippen MR) is 143 cm³/mol. The number of hydrogen-bond donors (Lipinski definition) is 2. The zero-order valence-electron chi connectivity index (χ0n) is 23.6. The summed E-state index contributed by atoms with van der Waals surface area (Å²) in [4.78, 5) is 28.9. The van der Waals surface area contributed by atoms with Crippen LogP contribution in [0.3, 0.4) is 0 Å². The molecule has 0 heterocycles. The molecule has 2 N–H and O–H groups in total. The Morgan fingerprint density at radius 2 is 1.86 bits per heavy atom. The zero-order chi connectivity index (χ0) is 26.9. The van der Waals surface area contributed by atoms with Crippen molar-refractivity contribution >= 4 is 11.8 Å². The van der Waals surface area contributed by atoms with Crippen molar-refractivity contribution in [3.05, 3.63) is 23.3 Å². The molecule has 0 aromatic heterocycles. The highest BCUT2D eigenvalue weighted by Gasteiger charge is 2.80. The number of likely N-dealkylation sites (N-methyl/N-ethyl adjacent to an activating group) is 1. The summed E-state index contributed by atoms with van der Waals surface area (Å²) in [6.07, 6.45) is 12.1. The highest BCUT2D eigenvalue weighted by molar-refractivity contribution is 6.04. The molecule has 0 radical (unpaired) electrons. The van der Waals surface area contributed by atoms with Gasteiger partial charge in [-0.2, -0.15) is 0 Å². The SMILES string of the molecule is CC1=C[C@H]2C3[C@H](C)C[C@]4(OC(=O)[C@H](CC5CCCCC5)N(C)C)[C@H]([C@@H]3C=C(CO)C[C@]2(O)C1=O)C4(C)C. The lowest BCUT2D eigenvalue weighted by Crippen LogP contribution is -2.50. The molecule has 37 heavy (non-hydrogen) atoms. The Balaban J connectivity index is 1.44. The molecule has 8 atom stereocenters. The van der Waals surface area contributed by atoms with E-state index in [4.69, 9.17) is 4.74 Å². The summed E-state index contributed by atoms with van der Waals surface area (Å²) in [5.41, 5.74) is -0.937. The van der Waals surface area contributed by atoms with Gasteiger partial charge in [0.2, 0.25) is 0 Å². The van der Waals surface area contributed by atoms with Crippen LogP contribution in [-0.2, 0) is 14.3 Å². The van der Waals surface area contributed by atoms with E-state index in [1.54, 1.807) is 6.92 Å². The summed E-state index contributed by atoms with van der Waals surface area (Å²) in [6, 6.07) is -0.247. The Morgan fingerprint density at radius 1 is 1.19 bits per heavy atom. The molecule has 0 bridgehead atoms. The average molecular weight is 514 g/mol. The van der Waals surface area contributed by atoms with Gasteiger partial charge in [-0.1, -0.05) is 65.0 Å². The Hall–Kier alpha value is -1.50. The summed E-state index contributed by atoms with van der Waals surface area (Å²) in [7, 11) is 3.96. The highest BCUT2D eigenvalue weighted by atomic mass is 16.6. The van der Waals surface area contributed by atoms with Gasteiger partial charge in [0.25, 0.3) is 0 Å². The Bertz CT molecular complexity index is 1010. The van der Waals surface area contributed by atoms with E-state index in [1.165, 1.54) is 32.1 Å². The fourth-order valence-electron chi connectivity index (χ4n) is 9.18. The summed E-state index contributed by atoms with van der Waals surface area (Å²) in [5, 5.41) is 21.9. The molecule has 5 aliphatic rings. The molecule has 0 spiro atoms. The van der Waals surface area contributed by atoms with E-state index in [0.29, 0.717) is 11.5 Å². The molecule has 6 nitrogen and oxygen atoms in total. The number of aliphatic hydroxyl groups excluding tert-OH is 1. The van der Waals surface area contributed by atoms with Crippen LogP contribution in [0.25, 0.3) is 0 Å². The van der Waals surface area contributed by atoms with Crippen LogP contribution in [0.4, 0.5) is 0 Å². The van der Waals surface area contributed by atoms with Crippen LogP contribution >= 0.6 is 0 Å². The largest absolute Gasteiger partial charge is 0.457 e. The number of nitrogens with zero attached hydrogens (tertiary/aromatic N) is 1. The van der Waals surface area contributed by atoms with E-state index >= 15 is 0 Å². The van der Waals surface area contributed by atoms with Crippen molar-refractivity contribution in [2.24, 2.45) is 40.9 Å². The van der Waals surface area contributed by atoms with E-state index in [9.17, 15) is 19.8 Å². The number of ether oxygens (including phenoxy) is 1. The number of carbonyl (C=O) groups excluding carboxylic acids is 2. The molecule has 5 aliphatic carbocycles. The predicted octanol–water partition coefficient (Wildman–Crippen LogP) is 4.30. The van der Waals surface area contributed by atoms with Crippen molar-refractivity contribution in [1.29, 1.82) is 0 Å². The van der Waals surface area contributed by atoms with Gasteiger partial charge < -0.3 is 14.9 Å². The molecule has 5 rings (SSSR count). The van der Waals surface area contributed by atoms with Gasteiger partial charge in [-0.25, -0.2) is 0 Å². The Kier molecular flexibility index (Phi) is 6.81. The van der Waals surface area contributed by atoms with Gasteiger partial charge in [0.1, 0.15) is 17.2 Å². The van der Waals surface area contributed by atoms with Crippen molar-refractivity contribution in [1.82, 2.24) is 4.90 Å². The monoisotopic (exact) mass is 513 g/mol. The second-order valence-electron chi connectivity index (χ2n) is 13.9. The number of aliphatic hydroxyl groups is 2. The van der Waals surface area contributed by atoms with E-state index in [2.05, 4.69) is 26.8 Å². The number of allylic oxidation sites excluding steroid dienone is 1. The molecular weight excluding hydrogens is 466 g/mol. The maximum atomic E-state index is 13.8. The lowest BCUT2D eigenvalue weighted by atomic mass is 9.63. The van der Waals surface area contributed by atoms with Crippen molar-refractivity contribution in [3.8, 4) is 0 Å². The quantitative estimate of drug-likeness (QED) is 0.407. The number of Topliss-reactive ketones (excluding diaryl/α,β-unsaturated/α-hetero) is 1. The van der Waals surface area contributed by atoms with Gasteiger partial charge in [-0.05, 0) is 68.7 Å². The van der Waals surface area contributed by atoms with E-state index in [0.717, 1.165) is 18.4 Å². The van der Waals surface area contributed by atoms with Gasteiger partial charge in [0.15, 0.2) is 5.78 Å². The number of rotatable bonds is 6. The summed E-state index contributed by atoms with van der Waals surface area (Å²) >= 11 is 0. The topological polar surface area (TPSA) is 87.1 Å². The maximum Gasteiger partial charge on any atom is 0.323 e. The van der Waals surface area contributed by atoms with Gasteiger partial charge in [0, 0.05) is 23.7 Å². The normalized spacial score (nSPS) is 41.6. The lowest BCUT2D eigenvalue weighted by molar-refractivity contribution is -0.165. The third-order valence-corrected chi connectivity index (χ3v) is 11.1. The first-order valence-corrected chi connectivity index (χ1v) is 14.5. The van der Waals surface area contributed by atoms with Crippen LogP contribution in [0.5, 0.6) is 0 Å². The van der Waals surface area contributed by atoms with Gasteiger partial charge in [0.05, 0.1) is 6.61 Å². The van der Waals surface area contributed by atoms with Crippen molar-refractivity contribution in [2.45, 2.75) is 96.3 Å². The van der Waals surface area contributed by atoms with Crippen LogP contribution in [0.15, 0.2) is 23.3 Å². The number of esters is 1. The van der Waals surface area contributed by atoms with Crippen LogP contribution in [-0.4, -0.2) is 64.8 Å². The summed E-state index contributed by atoms with van der Waals surface area (Å²) in [5.74, 6) is 0.294.